The molecule has 2 aromatic rings. The van der Waals surface area contributed by atoms with Crippen molar-refractivity contribution in [3.63, 3.8) is 0 Å². The SMILES string of the molecule is COCc1nn(COCC[Si](C)(C)C)c2ccc([N+](=O)[O-])cc12. The van der Waals surface area contributed by atoms with Crippen LogP contribution in [-0.4, -0.2) is 36.5 Å². The summed E-state index contributed by atoms with van der Waals surface area (Å²) in [6.45, 7) is 8.24. The number of rotatable bonds is 8. The van der Waals surface area contributed by atoms with Crippen molar-refractivity contribution >= 4 is 24.7 Å². The van der Waals surface area contributed by atoms with Crippen LogP contribution < -0.4 is 0 Å². The Morgan fingerprint density at radius 2 is 2.09 bits per heavy atom. The lowest BCUT2D eigenvalue weighted by Gasteiger charge is -2.15. The van der Waals surface area contributed by atoms with Gasteiger partial charge in [-0.2, -0.15) is 5.10 Å². The van der Waals surface area contributed by atoms with Gasteiger partial charge in [0.15, 0.2) is 0 Å². The normalized spacial score (nSPS) is 12.0. The smallest absolute Gasteiger partial charge is 0.270 e. The number of nitro benzene ring substituents is 1. The Morgan fingerprint density at radius 3 is 2.70 bits per heavy atom. The van der Waals surface area contributed by atoms with Crippen LogP contribution in [0.3, 0.4) is 0 Å². The first-order valence-corrected chi connectivity index (χ1v) is 11.2. The average Bonchev–Trinajstić information content (AvgIpc) is 2.80. The third kappa shape index (κ3) is 4.60. The van der Waals surface area contributed by atoms with Gasteiger partial charge in [0.25, 0.3) is 5.69 Å². The fraction of sp³-hybridized carbons (Fsp3) is 0.533. The Morgan fingerprint density at radius 1 is 1.35 bits per heavy atom. The van der Waals surface area contributed by atoms with E-state index >= 15 is 0 Å². The van der Waals surface area contributed by atoms with Gasteiger partial charge >= 0.3 is 0 Å². The van der Waals surface area contributed by atoms with E-state index in [4.69, 9.17) is 9.47 Å². The molecule has 0 spiro atoms. The summed E-state index contributed by atoms with van der Waals surface area (Å²) in [5.41, 5.74) is 1.55. The van der Waals surface area contributed by atoms with Crippen LogP contribution in [0.25, 0.3) is 10.9 Å². The lowest BCUT2D eigenvalue weighted by Crippen LogP contribution is -2.22. The van der Waals surface area contributed by atoms with Crippen LogP contribution in [0, 0.1) is 10.1 Å². The molecule has 1 aromatic heterocycles. The number of hydrogen-bond donors (Lipinski definition) is 0. The van der Waals surface area contributed by atoms with Gasteiger partial charge in [-0.3, -0.25) is 10.1 Å². The Bertz CT molecular complexity index is 694. The second kappa shape index (κ2) is 7.20. The lowest BCUT2D eigenvalue weighted by atomic mass is 10.2. The van der Waals surface area contributed by atoms with Gasteiger partial charge < -0.3 is 9.47 Å². The van der Waals surface area contributed by atoms with Crippen molar-refractivity contribution in [2.75, 3.05) is 13.7 Å². The number of aromatic nitrogens is 2. The van der Waals surface area contributed by atoms with Gasteiger partial charge in [-0.05, 0) is 12.1 Å². The standard InChI is InChI=1S/C15H23N3O4Si/c1-21-10-14-13-9-12(18(19)20)5-6-15(13)17(16-14)11-22-7-8-23(2,3)4/h5-6,9H,7-8,10-11H2,1-4H3. The van der Waals surface area contributed by atoms with Crippen LogP contribution in [0.4, 0.5) is 5.69 Å². The second-order valence-electron chi connectivity index (χ2n) is 6.69. The number of methoxy groups -OCH3 is 1. The molecule has 0 radical (unpaired) electrons. The van der Waals surface area contributed by atoms with Crippen molar-refractivity contribution in [1.82, 2.24) is 9.78 Å². The Balaban J connectivity index is 2.21. The van der Waals surface area contributed by atoms with E-state index < -0.39 is 13.0 Å². The molecule has 2 rings (SSSR count). The van der Waals surface area contributed by atoms with Crippen LogP contribution in [-0.2, 0) is 22.8 Å². The van der Waals surface area contributed by atoms with Gasteiger partial charge in [0.2, 0.25) is 0 Å². The zero-order valence-corrected chi connectivity index (χ0v) is 15.0. The quantitative estimate of drug-likeness (QED) is 0.319. The summed E-state index contributed by atoms with van der Waals surface area (Å²) in [5.74, 6) is 0. The van der Waals surface area contributed by atoms with Crippen LogP contribution in [0.15, 0.2) is 18.2 Å². The number of fused-ring (bicyclic) bond motifs is 1. The maximum atomic E-state index is 11.0. The highest BCUT2D eigenvalue weighted by Crippen LogP contribution is 2.24. The lowest BCUT2D eigenvalue weighted by molar-refractivity contribution is -0.384. The zero-order valence-electron chi connectivity index (χ0n) is 14.0. The Labute approximate surface area is 136 Å². The largest absolute Gasteiger partial charge is 0.378 e. The van der Waals surface area contributed by atoms with E-state index in [9.17, 15) is 10.1 Å². The highest BCUT2D eigenvalue weighted by molar-refractivity contribution is 6.76. The van der Waals surface area contributed by atoms with E-state index in [1.807, 2.05) is 0 Å². The monoisotopic (exact) mass is 337 g/mol. The first-order chi connectivity index (χ1) is 10.8. The molecule has 1 aromatic carbocycles. The van der Waals surface area contributed by atoms with Gasteiger partial charge in [0, 0.05) is 39.3 Å². The molecule has 0 N–H and O–H groups in total. The highest BCUT2D eigenvalue weighted by atomic mass is 28.3. The number of nitro groups is 1. The highest BCUT2D eigenvalue weighted by Gasteiger charge is 2.16. The van der Waals surface area contributed by atoms with Crippen LogP contribution in [0.5, 0.6) is 0 Å². The van der Waals surface area contributed by atoms with Gasteiger partial charge in [0.1, 0.15) is 6.73 Å². The van der Waals surface area contributed by atoms with E-state index in [1.165, 1.54) is 12.1 Å². The maximum absolute atomic E-state index is 11.0. The van der Waals surface area contributed by atoms with Crippen molar-refractivity contribution < 1.29 is 14.4 Å². The Hall–Kier alpha value is -1.77. The molecule has 0 amide bonds. The molecule has 0 unspecified atom stereocenters. The maximum Gasteiger partial charge on any atom is 0.270 e. The third-order valence-electron chi connectivity index (χ3n) is 3.51. The van der Waals surface area contributed by atoms with Crippen LogP contribution in [0.2, 0.25) is 25.7 Å². The van der Waals surface area contributed by atoms with Crippen molar-refractivity contribution in [3.05, 3.63) is 34.0 Å². The molecule has 0 saturated carbocycles. The molecule has 7 nitrogen and oxygen atoms in total. The zero-order chi connectivity index (χ0) is 17.0. The number of non-ortho nitro benzene ring substituents is 1. The summed E-state index contributed by atoms with van der Waals surface area (Å²) < 4.78 is 12.6. The van der Waals surface area contributed by atoms with Gasteiger partial charge in [-0.1, -0.05) is 19.6 Å². The summed E-state index contributed by atoms with van der Waals surface area (Å²) >= 11 is 0. The minimum Gasteiger partial charge on any atom is -0.378 e. The van der Waals surface area contributed by atoms with E-state index in [1.54, 1.807) is 17.9 Å². The van der Waals surface area contributed by atoms with Gasteiger partial charge in [-0.15, -0.1) is 0 Å². The average molecular weight is 337 g/mol. The first kappa shape index (κ1) is 17.6. The van der Waals surface area contributed by atoms with E-state index in [0.29, 0.717) is 25.6 Å². The molecule has 0 fully saturated rings. The second-order valence-corrected chi connectivity index (χ2v) is 12.3. The molecular weight excluding hydrogens is 314 g/mol. The molecule has 0 aliphatic heterocycles. The van der Waals surface area contributed by atoms with Crippen molar-refractivity contribution in [1.29, 1.82) is 0 Å². The summed E-state index contributed by atoms with van der Waals surface area (Å²) in [4.78, 5) is 10.5. The Kier molecular flexibility index (Phi) is 5.50. The van der Waals surface area contributed by atoms with Crippen LogP contribution >= 0.6 is 0 Å². The van der Waals surface area contributed by atoms with Crippen molar-refractivity contribution in [2.45, 2.75) is 39.0 Å². The third-order valence-corrected chi connectivity index (χ3v) is 5.22. The topological polar surface area (TPSA) is 79.4 Å². The molecule has 126 valence electrons. The predicted octanol–water partition coefficient (Wildman–Crippen LogP) is 3.40. The van der Waals surface area contributed by atoms with Crippen LogP contribution in [0.1, 0.15) is 5.69 Å². The van der Waals surface area contributed by atoms with E-state index in [0.717, 1.165) is 16.9 Å². The molecule has 8 heteroatoms. The minimum atomic E-state index is -1.13. The summed E-state index contributed by atoms with van der Waals surface area (Å²) in [7, 11) is 0.450. The van der Waals surface area contributed by atoms with E-state index in [-0.39, 0.29) is 5.69 Å². The molecule has 1 heterocycles. The fourth-order valence-corrected chi connectivity index (χ4v) is 2.98. The van der Waals surface area contributed by atoms with E-state index in [2.05, 4.69) is 24.7 Å². The van der Waals surface area contributed by atoms with Gasteiger partial charge in [0.05, 0.1) is 22.7 Å². The van der Waals surface area contributed by atoms with Gasteiger partial charge in [-0.25, -0.2) is 4.68 Å². The minimum absolute atomic E-state index is 0.0501. The van der Waals surface area contributed by atoms with Crippen molar-refractivity contribution in [3.8, 4) is 0 Å². The summed E-state index contributed by atoms with van der Waals surface area (Å²) in [6, 6.07) is 5.82. The molecular formula is C15H23N3O4Si. The molecule has 0 aliphatic rings. The number of nitrogens with zero attached hydrogens (tertiary/aromatic N) is 3. The first-order valence-electron chi connectivity index (χ1n) is 7.52. The molecule has 0 bridgehead atoms. The molecule has 0 atom stereocenters. The number of benzene rings is 1. The summed E-state index contributed by atoms with van der Waals surface area (Å²) in [5, 5.41) is 16.2. The summed E-state index contributed by atoms with van der Waals surface area (Å²) in [6.07, 6.45) is 0. The van der Waals surface area contributed by atoms with Crippen molar-refractivity contribution in [2.24, 2.45) is 0 Å². The number of ether oxygens (including phenoxy) is 2. The predicted molar refractivity (Wildman–Crippen MR) is 91.2 cm³/mol. The number of hydrogen-bond acceptors (Lipinski definition) is 5. The molecule has 0 saturated heterocycles. The fourth-order valence-electron chi connectivity index (χ4n) is 2.22. The molecule has 0 aliphatic carbocycles. The molecule has 23 heavy (non-hydrogen) atoms.